The fourth-order valence-electron chi connectivity index (χ4n) is 2.74. The number of hydrogen-bond donors (Lipinski definition) is 1. The van der Waals surface area contributed by atoms with Gasteiger partial charge in [-0.2, -0.15) is 5.10 Å². The SMILES string of the molecule is C[C@H]1CN(C(=O)Nc2cccnn2)C[C@@]2(CCOC2)O1. The summed E-state index contributed by atoms with van der Waals surface area (Å²) in [6.07, 6.45) is 2.39. The predicted molar refractivity (Wildman–Crippen MR) is 71.3 cm³/mol. The van der Waals surface area contributed by atoms with E-state index in [0.717, 1.165) is 6.42 Å². The van der Waals surface area contributed by atoms with Gasteiger partial charge < -0.3 is 14.4 Å². The van der Waals surface area contributed by atoms with E-state index >= 15 is 0 Å². The Hall–Kier alpha value is -1.73. The predicted octanol–water partition coefficient (Wildman–Crippen LogP) is 0.888. The van der Waals surface area contributed by atoms with Gasteiger partial charge in [-0.25, -0.2) is 4.79 Å². The second-order valence-corrected chi connectivity index (χ2v) is 5.33. The molecule has 0 aliphatic carbocycles. The lowest BCUT2D eigenvalue weighted by atomic mass is 9.99. The summed E-state index contributed by atoms with van der Waals surface area (Å²) in [6, 6.07) is 3.27. The van der Waals surface area contributed by atoms with Crippen molar-refractivity contribution in [3.63, 3.8) is 0 Å². The van der Waals surface area contributed by atoms with Crippen molar-refractivity contribution < 1.29 is 14.3 Å². The van der Waals surface area contributed by atoms with E-state index in [1.807, 2.05) is 6.92 Å². The van der Waals surface area contributed by atoms with Gasteiger partial charge in [-0.15, -0.1) is 5.10 Å². The largest absolute Gasteiger partial charge is 0.378 e. The quantitative estimate of drug-likeness (QED) is 0.825. The standard InChI is InChI=1S/C13H18N4O3/c1-10-7-17(8-13(20-10)4-6-19-9-13)12(18)15-11-3-2-5-14-16-11/h2-3,5,10H,4,6-9H2,1H3,(H,15,16,18)/t10-,13+/m0/s1. The zero-order chi connectivity index (χ0) is 14.0. The van der Waals surface area contributed by atoms with Gasteiger partial charge in [-0.05, 0) is 19.1 Å². The highest BCUT2D eigenvalue weighted by Crippen LogP contribution is 2.30. The zero-order valence-electron chi connectivity index (χ0n) is 11.4. The highest BCUT2D eigenvalue weighted by molar-refractivity contribution is 5.88. The molecule has 1 spiro atoms. The van der Waals surface area contributed by atoms with E-state index in [2.05, 4.69) is 15.5 Å². The first-order valence-corrected chi connectivity index (χ1v) is 6.76. The van der Waals surface area contributed by atoms with Crippen LogP contribution in [0.3, 0.4) is 0 Å². The van der Waals surface area contributed by atoms with Crippen LogP contribution in [0.25, 0.3) is 0 Å². The Morgan fingerprint density at radius 3 is 3.20 bits per heavy atom. The third kappa shape index (κ3) is 2.73. The molecule has 0 bridgehead atoms. The molecule has 3 heterocycles. The number of amides is 2. The maximum Gasteiger partial charge on any atom is 0.323 e. The first-order valence-electron chi connectivity index (χ1n) is 6.76. The summed E-state index contributed by atoms with van der Waals surface area (Å²) in [4.78, 5) is 14.1. The first kappa shape index (κ1) is 13.3. The number of ether oxygens (including phenoxy) is 2. The minimum atomic E-state index is -0.350. The van der Waals surface area contributed by atoms with Crippen molar-refractivity contribution in [2.24, 2.45) is 0 Å². The highest BCUT2D eigenvalue weighted by atomic mass is 16.6. The maximum atomic E-state index is 12.3. The van der Waals surface area contributed by atoms with Crippen LogP contribution in [0.15, 0.2) is 18.3 Å². The highest BCUT2D eigenvalue weighted by Gasteiger charge is 2.44. The molecule has 0 unspecified atom stereocenters. The monoisotopic (exact) mass is 278 g/mol. The minimum Gasteiger partial charge on any atom is -0.378 e. The third-order valence-electron chi connectivity index (χ3n) is 3.57. The fraction of sp³-hybridized carbons (Fsp3) is 0.615. The van der Waals surface area contributed by atoms with Crippen molar-refractivity contribution in [1.29, 1.82) is 0 Å². The molecular formula is C13H18N4O3. The summed E-state index contributed by atoms with van der Waals surface area (Å²) >= 11 is 0. The molecule has 7 nitrogen and oxygen atoms in total. The lowest BCUT2D eigenvalue weighted by molar-refractivity contribution is -0.136. The van der Waals surface area contributed by atoms with Crippen molar-refractivity contribution in [3.8, 4) is 0 Å². The van der Waals surface area contributed by atoms with Crippen LogP contribution in [-0.4, -0.2) is 59.1 Å². The van der Waals surface area contributed by atoms with E-state index in [1.165, 1.54) is 0 Å². The van der Waals surface area contributed by atoms with E-state index in [1.54, 1.807) is 23.2 Å². The van der Waals surface area contributed by atoms with E-state index in [9.17, 15) is 4.79 Å². The normalized spacial score (nSPS) is 29.6. The van der Waals surface area contributed by atoms with Crippen molar-refractivity contribution in [2.75, 3.05) is 31.6 Å². The van der Waals surface area contributed by atoms with Crippen LogP contribution in [-0.2, 0) is 9.47 Å². The Morgan fingerprint density at radius 1 is 1.60 bits per heavy atom. The molecule has 0 aromatic carbocycles. The fourth-order valence-corrected chi connectivity index (χ4v) is 2.74. The van der Waals surface area contributed by atoms with Crippen LogP contribution in [0, 0.1) is 0 Å². The number of anilines is 1. The van der Waals surface area contributed by atoms with Gasteiger partial charge in [0.05, 0.1) is 19.3 Å². The van der Waals surface area contributed by atoms with Gasteiger partial charge in [0.1, 0.15) is 5.60 Å². The van der Waals surface area contributed by atoms with Crippen LogP contribution < -0.4 is 5.32 Å². The molecule has 2 aliphatic rings. The van der Waals surface area contributed by atoms with E-state index < -0.39 is 0 Å². The summed E-state index contributed by atoms with van der Waals surface area (Å²) in [7, 11) is 0. The van der Waals surface area contributed by atoms with Crippen LogP contribution in [0.1, 0.15) is 13.3 Å². The third-order valence-corrected chi connectivity index (χ3v) is 3.57. The average molecular weight is 278 g/mol. The summed E-state index contributed by atoms with van der Waals surface area (Å²) in [5.74, 6) is 0.452. The molecule has 0 saturated carbocycles. The summed E-state index contributed by atoms with van der Waals surface area (Å²) in [5, 5.41) is 10.4. The van der Waals surface area contributed by atoms with Gasteiger partial charge in [0.2, 0.25) is 0 Å². The van der Waals surface area contributed by atoms with Gasteiger partial charge in [-0.3, -0.25) is 5.32 Å². The zero-order valence-corrected chi connectivity index (χ0v) is 11.4. The Labute approximate surface area is 117 Å². The molecule has 3 rings (SSSR count). The number of rotatable bonds is 1. The Bertz CT molecular complexity index is 476. The van der Waals surface area contributed by atoms with Gasteiger partial charge in [0, 0.05) is 25.8 Å². The van der Waals surface area contributed by atoms with Crippen LogP contribution in [0.4, 0.5) is 10.6 Å². The molecule has 2 fully saturated rings. The number of hydrogen-bond acceptors (Lipinski definition) is 5. The van der Waals surface area contributed by atoms with Crippen molar-refractivity contribution in [2.45, 2.75) is 25.0 Å². The number of carbonyl (C=O) groups excluding carboxylic acids is 1. The number of nitrogens with one attached hydrogen (secondary N) is 1. The molecule has 2 amide bonds. The lowest BCUT2D eigenvalue weighted by Crippen LogP contribution is -2.57. The molecule has 1 aromatic rings. The van der Waals surface area contributed by atoms with Crippen molar-refractivity contribution in [3.05, 3.63) is 18.3 Å². The molecular weight excluding hydrogens is 260 g/mol. The topological polar surface area (TPSA) is 76.6 Å². The molecule has 20 heavy (non-hydrogen) atoms. The molecule has 1 N–H and O–H groups in total. The number of aromatic nitrogens is 2. The summed E-state index contributed by atoms with van der Waals surface area (Å²) in [6.45, 7) is 4.32. The molecule has 0 radical (unpaired) electrons. The number of urea groups is 1. The summed E-state index contributed by atoms with van der Waals surface area (Å²) < 4.78 is 11.4. The Kier molecular flexibility index (Phi) is 3.54. The molecule has 7 heteroatoms. The van der Waals surface area contributed by atoms with Crippen molar-refractivity contribution >= 4 is 11.8 Å². The van der Waals surface area contributed by atoms with E-state index in [-0.39, 0.29) is 17.7 Å². The second kappa shape index (κ2) is 5.34. The Balaban J connectivity index is 1.68. The molecule has 108 valence electrons. The Morgan fingerprint density at radius 2 is 2.50 bits per heavy atom. The lowest BCUT2D eigenvalue weighted by Gasteiger charge is -2.42. The van der Waals surface area contributed by atoms with Gasteiger partial charge in [0.25, 0.3) is 0 Å². The van der Waals surface area contributed by atoms with Gasteiger partial charge in [-0.1, -0.05) is 0 Å². The van der Waals surface area contributed by atoms with E-state index in [4.69, 9.17) is 9.47 Å². The first-order chi connectivity index (χ1) is 9.67. The van der Waals surface area contributed by atoms with Crippen LogP contribution in [0.2, 0.25) is 0 Å². The van der Waals surface area contributed by atoms with Crippen molar-refractivity contribution in [1.82, 2.24) is 15.1 Å². The summed E-state index contributed by atoms with van der Waals surface area (Å²) in [5.41, 5.74) is -0.350. The molecule has 2 saturated heterocycles. The van der Waals surface area contributed by atoms with Gasteiger partial charge in [0.15, 0.2) is 5.82 Å². The maximum absolute atomic E-state index is 12.3. The van der Waals surface area contributed by atoms with Crippen LogP contribution in [0.5, 0.6) is 0 Å². The second-order valence-electron chi connectivity index (χ2n) is 5.33. The van der Waals surface area contributed by atoms with Crippen LogP contribution >= 0.6 is 0 Å². The number of carbonyl (C=O) groups is 1. The number of nitrogens with zero attached hydrogens (tertiary/aromatic N) is 3. The molecule has 1 aromatic heterocycles. The van der Waals surface area contributed by atoms with Gasteiger partial charge >= 0.3 is 6.03 Å². The molecule has 2 atom stereocenters. The number of morpholine rings is 1. The molecule has 2 aliphatic heterocycles. The minimum absolute atomic E-state index is 0.00180. The smallest absolute Gasteiger partial charge is 0.323 e. The van der Waals surface area contributed by atoms with E-state index in [0.29, 0.717) is 32.1 Å². The average Bonchev–Trinajstić information content (AvgIpc) is 2.86.